The molecule has 1 aliphatic rings. The highest BCUT2D eigenvalue weighted by Crippen LogP contribution is 2.13. The van der Waals surface area contributed by atoms with Crippen molar-refractivity contribution in [3.8, 4) is 0 Å². The molecule has 0 radical (unpaired) electrons. The fraction of sp³-hybridized carbons (Fsp3) is 0.529. The lowest BCUT2D eigenvalue weighted by molar-refractivity contribution is -0.121. The van der Waals surface area contributed by atoms with Crippen molar-refractivity contribution < 1.29 is 9.53 Å². The molecule has 23 heavy (non-hydrogen) atoms. The van der Waals surface area contributed by atoms with Gasteiger partial charge in [-0.3, -0.25) is 13.9 Å². The normalized spacial score (nSPS) is 18.2. The minimum Gasteiger partial charge on any atom is -0.381 e. The Balaban J connectivity index is 1.59. The Bertz CT molecular complexity index is 741. The molecule has 2 heterocycles. The van der Waals surface area contributed by atoms with E-state index in [2.05, 4.69) is 5.32 Å². The third-order valence-electron chi connectivity index (χ3n) is 4.46. The molecule has 124 valence electrons. The molecule has 1 aromatic carbocycles. The van der Waals surface area contributed by atoms with E-state index in [9.17, 15) is 9.59 Å². The third kappa shape index (κ3) is 3.47. The highest BCUT2D eigenvalue weighted by molar-refractivity contribution is 5.77. The molecular formula is C17H23N3O3. The molecule has 0 saturated carbocycles. The minimum absolute atomic E-state index is 0.0181. The largest absolute Gasteiger partial charge is 0.381 e. The predicted molar refractivity (Wildman–Crippen MR) is 88.3 cm³/mol. The Hall–Kier alpha value is -2.08. The monoisotopic (exact) mass is 317 g/mol. The second-order valence-corrected chi connectivity index (χ2v) is 6.12. The van der Waals surface area contributed by atoms with E-state index in [1.54, 1.807) is 16.2 Å². The van der Waals surface area contributed by atoms with Crippen LogP contribution in [0.5, 0.6) is 0 Å². The molecule has 1 N–H and O–H groups in total. The van der Waals surface area contributed by atoms with Crippen molar-refractivity contribution in [2.45, 2.75) is 25.8 Å². The first-order chi connectivity index (χ1) is 11.2. The van der Waals surface area contributed by atoms with Crippen molar-refractivity contribution in [1.29, 1.82) is 0 Å². The van der Waals surface area contributed by atoms with Crippen molar-refractivity contribution >= 4 is 16.9 Å². The van der Waals surface area contributed by atoms with Crippen LogP contribution in [0.25, 0.3) is 11.0 Å². The van der Waals surface area contributed by atoms with E-state index < -0.39 is 0 Å². The van der Waals surface area contributed by atoms with Crippen LogP contribution >= 0.6 is 0 Å². The van der Waals surface area contributed by atoms with E-state index >= 15 is 0 Å². The van der Waals surface area contributed by atoms with E-state index in [0.717, 1.165) is 37.1 Å². The summed E-state index contributed by atoms with van der Waals surface area (Å²) in [5.41, 5.74) is 1.67. The molecule has 0 spiro atoms. The van der Waals surface area contributed by atoms with Crippen LogP contribution < -0.4 is 11.0 Å². The van der Waals surface area contributed by atoms with Gasteiger partial charge in [0.15, 0.2) is 0 Å². The summed E-state index contributed by atoms with van der Waals surface area (Å²) in [5, 5.41) is 2.96. The molecule has 1 amide bonds. The summed E-state index contributed by atoms with van der Waals surface area (Å²) >= 11 is 0. The van der Waals surface area contributed by atoms with Crippen molar-refractivity contribution in [1.82, 2.24) is 14.5 Å². The summed E-state index contributed by atoms with van der Waals surface area (Å²) in [6, 6.07) is 7.64. The molecule has 6 heteroatoms. The average Bonchev–Trinajstić information content (AvgIpc) is 2.83. The van der Waals surface area contributed by atoms with Gasteiger partial charge < -0.3 is 10.1 Å². The fourth-order valence-corrected chi connectivity index (χ4v) is 3.11. The maximum Gasteiger partial charge on any atom is 0.328 e. The zero-order chi connectivity index (χ0) is 16.2. The number of nitrogens with one attached hydrogen (secondary N) is 1. The number of amides is 1. The highest BCUT2D eigenvalue weighted by Gasteiger charge is 2.15. The number of carbonyl (C=O) groups is 1. The first-order valence-electron chi connectivity index (χ1n) is 8.15. The quantitative estimate of drug-likeness (QED) is 0.903. The summed E-state index contributed by atoms with van der Waals surface area (Å²) in [4.78, 5) is 24.3. The molecule has 1 fully saturated rings. The van der Waals surface area contributed by atoms with Gasteiger partial charge in [-0.05, 0) is 30.9 Å². The van der Waals surface area contributed by atoms with Gasteiger partial charge in [-0.2, -0.15) is 0 Å². The van der Waals surface area contributed by atoms with E-state index in [1.165, 1.54) is 0 Å². The number of rotatable bonds is 5. The van der Waals surface area contributed by atoms with Gasteiger partial charge in [0.25, 0.3) is 0 Å². The molecule has 1 aliphatic heterocycles. The second kappa shape index (κ2) is 7.00. The van der Waals surface area contributed by atoms with E-state index in [1.807, 2.05) is 24.3 Å². The highest BCUT2D eigenvalue weighted by atomic mass is 16.5. The van der Waals surface area contributed by atoms with Crippen LogP contribution in [0.3, 0.4) is 0 Å². The molecule has 0 aliphatic carbocycles. The molecule has 1 unspecified atom stereocenters. The fourth-order valence-electron chi connectivity index (χ4n) is 3.11. The van der Waals surface area contributed by atoms with Crippen LogP contribution in [-0.4, -0.2) is 34.8 Å². The molecule has 1 atom stereocenters. The van der Waals surface area contributed by atoms with Gasteiger partial charge in [0.05, 0.1) is 17.6 Å². The first kappa shape index (κ1) is 15.8. The molecular weight excluding hydrogens is 294 g/mol. The first-order valence-corrected chi connectivity index (χ1v) is 8.15. The molecule has 0 bridgehead atoms. The molecule has 2 aromatic rings. The van der Waals surface area contributed by atoms with Gasteiger partial charge in [0, 0.05) is 33.2 Å². The number of ether oxygens (including phenoxy) is 1. The minimum atomic E-state index is -0.0836. The van der Waals surface area contributed by atoms with Crippen LogP contribution in [-0.2, 0) is 23.1 Å². The lowest BCUT2D eigenvalue weighted by Crippen LogP contribution is -2.34. The maximum absolute atomic E-state index is 12.3. The standard InChI is InChI=1S/C17H23N3O3/c1-19-14-6-2-3-7-15(14)20(17(19)22)9-8-16(21)18-11-13-5-4-10-23-12-13/h2-3,6-7,13H,4-5,8-12H2,1H3,(H,18,21). The lowest BCUT2D eigenvalue weighted by atomic mass is 10.0. The van der Waals surface area contributed by atoms with Crippen molar-refractivity contribution in [3.63, 3.8) is 0 Å². The number of fused-ring (bicyclic) bond motifs is 1. The Morgan fingerprint density at radius 2 is 2.13 bits per heavy atom. The van der Waals surface area contributed by atoms with Gasteiger partial charge >= 0.3 is 5.69 Å². The number of hydrogen-bond acceptors (Lipinski definition) is 3. The van der Waals surface area contributed by atoms with E-state index in [-0.39, 0.29) is 11.6 Å². The van der Waals surface area contributed by atoms with E-state index in [4.69, 9.17) is 4.74 Å². The molecule has 3 rings (SSSR count). The number of hydrogen-bond donors (Lipinski definition) is 1. The number of carbonyl (C=O) groups excluding carboxylic acids is 1. The summed E-state index contributed by atoms with van der Waals surface area (Å²) in [6.45, 7) is 2.61. The van der Waals surface area contributed by atoms with Crippen LogP contribution in [0, 0.1) is 5.92 Å². The molecule has 6 nitrogen and oxygen atoms in total. The number of aryl methyl sites for hydroxylation is 2. The van der Waals surface area contributed by atoms with Crippen molar-refractivity contribution in [2.75, 3.05) is 19.8 Å². The lowest BCUT2D eigenvalue weighted by Gasteiger charge is -2.22. The third-order valence-corrected chi connectivity index (χ3v) is 4.46. The van der Waals surface area contributed by atoms with Gasteiger partial charge in [-0.15, -0.1) is 0 Å². The number of imidazole rings is 1. The number of benzene rings is 1. The van der Waals surface area contributed by atoms with E-state index in [0.29, 0.717) is 25.4 Å². The van der Waals surface area contributed by atoms with Gasteiger partial charge in [0.1, 0.15) is 0 Å². The second-order valence-electron chi connectivity index (χ2n) is 6.12. The van der Waals surface area contributed by atoms with Crippen molar-refractivity contribution in [2.24, 2.45) is 13.0 Å². The smallest absolute Gasteiger partial charge is 0.328 e. The number of nitrogens with zero attached hydrogens (tertiary/aromatic N) is 2. The summed E-state index contributed by atoms with van der Waals surface area (Å²) < 4.78 is 8.69. The predicted octanol–water partition coefficient (Wildman–Crippen LogP) is 1.27. The zero-order valence-electron chi connectivity index (χ0n) is 13.5. The molecule has 1 saturated heterocycles. The topological polar surface area (TPSA) is 65.3 Å². The SMILES string of the molecule is Cn1c(=O)n(CCC(=O)NCC2CCCOC2)c2ccccc21. The van der Waals surface area contributed by atoms with Crippen LogP contribution in [0.2, 0.25) is 0 Å². The van der Waals surface area contributed by atoms with Gasteiger partial charge in [0.2, 0.25) is 5.91 Å². The van der Waals surface area contributed by atoms with Gasteiger partial charge in [-0.1, -0.05) is 12.1 Å². The summed E-state index contributed by atoms with van der Waals surface area (Å²) in [7, 11) is 1.75. The summed E-state index contributed by atoms with van der Waals surface area (Å²) in [6.07, 6.45) is 2.47. The Morgan fingerprint density at radius 3 is 2.87 bits per heavy atom. The number of para-hydroxylation sites is 2. The number of aromatic nitrogens is 2. The Kier molecular flexibility index (Phi) is 4.81. The average molecular weight is 317 g/mol. The Labute approximate surface area is 135 Å². The molecule has 1 aromatic heterocycles. The van der Waals surface area contributed by atoms with Crippen molar-refractivity contribution in [3.05, 3.63) is 34.7 Å². The summed E-state index contributed by atoms with van der Waals surface area (Å²) in [5.74, 6) is 0.392. The maximum atomic E-state index is 12.3. The van der Waals surface area contributed by atoms with Gasteiger partial charge in [-0.25, -0.2) is 4.79 Å². The zero-order valence-corrected chi connectivity index (χ0v) is 13.5. The Morgan fingerprint density at radius 1 is 1.35 bits per heavy atom. The van der Waals surface area contributed by atoms with Crippen LogP contribution in [0.15, 0.2) is 29.1 Å². The van der Waals surface area contributed by atoms with Crippen LogP contribution in [0.1, 0.15) is 19.3 Å². The van der Waals surface area contributed by atoms with Crippen LogP contribution in [0.4, 0.5) is 0 Å².